The second-order valence-corrected chi connectivity index (χ2v) is 3.62. The Morgan fingerprint density at radius 1 is 1.53 bits per heavy atom. The van der Waals surface area contributed by atoms with Gasteiger partial charge in [0.05, 0.1) is 18.2 Å². The Morgan fingerprint density at radius 3 is 2.93 bits per heavy atom. The Morgan fingerprint density at radius 2 is 2.33 bits per heavy atom. The topological polar surface area (TPSA) is 51.2 Å². The monoisotopic (exact) mass is 206 g/mol. The molecular formula is C11H14N2O2. The number of hydrogen-bond donors (Lipinski definition) is 1. The molecule has 0 aliphatic heterocycles. The van der Waals surface area contributed by atoms with Gasteiger partial charge in [-0.15, -0.1) is 0 Å². The van der Waals surface area contributed by atoms with E-state index in [0.717, 1.165) is 17.8 Å². The van der Waals surface area contributed by atoms with E-state index in [-0.39, 0.29) is 0 Å². The molecule has 0 saturated heterocycles. The number of nitrogens with zero attached hydrogens (tertiary/aromatic N) is 2. The van der Waals surface area contributed by atoms with E-state index in [0.29, 0.717) is 0 Å². The maximum atomic E-state index is 10.4. The largest absolute Gasteiger partial charge is 0.472 e. The van der Waals surface area contributed by atoms with E-state index in [2.05, 4.69) is 5.10 Å². The normalized spacial score (nSPS) is 15.1. The van der Waals surface area contributed by atoms with Crippen LogP contribution in [-0.4, -0.2) is 14.9 Å². The molecule has 1 atom stereocenters. The van der Waals surface area contributed by atoms with E-state index >= 15 is 0 Å². The Balaban J connectivity index is 2.46. The van der Waals surface area contributed by atoms with Crippen molar-refractivity contribution in [3.05, 3.63) is 42.1 Å². The summed E-state index contributed by atoms with van der Waals surface area (Å²) in [5, 5.41) is 14.6. The van der Waals surface area contributed by atoms with Crippen molar-refractivity contribution in [2.75, 3.05) is 0 Å². The highest BCUT2D eigenvalue weighted by molar-refractivity contribution is 5.27. The summed E-state index contributed by atoms with van der Waals surface area (Å²) in [5.41, 5.74) is 0.448. The summed E-state index contributed by atoms with van der Waals surface area (Å²) in [6.07, 6.45) is 4.79. The summed E-state index contributed by atoms with van der Waals surface area (Å²) in [5.74, 6) is 0. The minimum atomic E-state index is -1.06. The van der Waals surface area contributed by atoms with Crippen LogP contribution < -0.4 is 0 Å². The molecule has 0 fully saturated rings. The van der Waals surface area contributed by atoms with Crippen LogP contribution in [-0.2, 0) is 12.1 Å². The van der Waals surface area contributed by atoms with Crippen molar-refractivity contribution in [2.24, 2.45) is 0 Å². The van der Waals surface area contributed by atoms with Gasteiger partial charge in [0.1, 0.15) is 5.60 Å². The lowest BCUT2D eigenvalue weighted by Gasteiger charge is -2.22. The standard InChI is InChI=1S/C11H14N2O2/c1-3-13-10(4-6-12-13)11(2,14)9-5-7-15-8-9/h4-8,14H,3H2,1-2H3. The highest BCUT2D eigenvalue weighted by Gasteiger charge is 2.29. The van der Waals surface area contributed by atoms with Gasteiger partial charge in [0.15, 0.2) is 0 Å². The third kappa shape index (κ3) is 1.57. The number of hydrogen-bond acceptors (Lipinski definition) is 3. The molecule has 2 heterocycles. The molecule has 1 N–H and O–H groups in total. The zero-order valence-corrected chi connectivity index (χ0v) is 8.84. The molecule has 0 bridgehead atoms. The second-order valence-electron chi connectivity index (χ2n) is 3.62. The van der Waals surface area contributed by atoms with E-state index in [4.69, 9.17) is 4.42 Å². The summed E-state index contributed by atoms with van der Waals surface area (Å²) in [6.45, 7) is 4.46. The number of furan rings is 1. The Hall–Kier alpha value is -1.55. The second kappa shape index (κ2) is 3.55. The van der Waals surface area contributed by atoms with E-state index in [9.17, 15) is 5.11 Å². The molecule has 0 amide bonds. The summed E-state index contributed by atoms with van der Waals surface area (Å²) in [6, 6.07) is 3.57. The van der Waals surface area contributed by atoms with Crippen LogP contribution in [0.5, 0.6) is 0 Å². The van der Waals surface area contributed by atoms with Crippen LogP contribution in [0.1, 0.15) is 25.1 Å². The van der Waals surface area contributed by atoms with Crippen LogP contribution in [0.2, 0.25) is 0 Å². The van der Waals surface area contributed by atoms with Gasteiger partial charge in [-0.05, 0) is 26.0 Å². The molecule has 2 aromatic heterocycles. The molecule has 80 valence electrons. The predicted octanol–water partition coefficient (Wildman–Crippen LogP) is 1.75. The molecule has 0 saturated carbocycles. The van der Waals surface area contributed by atoms with E-state index in [1.54, 1.807) is 36.4 Å². The van der Waals surface area contributed by atoms with Crippen LogP contribution in [0.15, 0.2) is 35.3 Å². The molecule has 1 unspecified atom stereocenters. The van der Waals surface area contributed by atoms with Crippen molar-refractivity contribution < 1.29 is 9.52 Å². The van der Waals surface area contributed by atoms with Crippen molar-refractivity contribution in [1.29, 1.82) is 0 Å². The number of rotatable bonds is 3. The maximum Gasteiger partial charge on any atom is 0.131 e. The van der Waals surface area contributed by atoms with Gasteiger partial charge in [0.25, 0.3) is 0 Å². The lowest BCUT2D eigenvalue weighted by Crippen LogP contribution is -2.26. The minimum absolute atomic E-state index is 0.732. The molecule has 4 heteroatoms. The molecule has 0 aliphatic carbocycles. The van der Waals surface area contributed by atoms with Crippen LogP contribution in [0.3, 0.4) is 0 Å². The summed E-state index contributed by atoms with van der Waals surface area (Å²) in [4.78, 5) is 0. The first-order valence-electron chi connectivity index (χ1n) is 4.93. The fourth-order valence-electron chi connectivity index (χ4n) is 1.69. The van der Waals surface area contributed by atoms with Gasteiger partial charge in [-0.3, -0.25) is 4.68 Å². The first kappa shape index (κ1) is 9.98. The Labute approximate surface area is 88.1 Å². The maximum absolute atomic E-state index is 10.4. The molecular weight excluding hydrogens is 192 g/mol. The van der Waals surface area contributed by atoms with Gasteiger partial charge in [-0.1, -0.05) is 0 Å². The molecule has 0 radical (unpaired) electrons. The SMILES string of the molecule is CCn1nccc1C(C)(O)c1ccoc1. The quantitative estimate of drug-likeness (QED) is 0.832. The third-order valence-electron chi connectivity index (χ3n) is 2.60. The molecule has 0 spiro atoms. The van der Waals surface area contributed by atoms with Gasteiger partial charge >= 0.3 is 0 Å². The first-order valence-corrected chi connectivity index (χ1v) is 4.93. The number of aryl methyl sites for hydroxylation is 1. The predicted molar refractivity (Wildman–Crippen MR) is 55.3 cm³/mol. The summed E-state index contributed by atoms with van der Waals surface area (Å²) < 4.78 is 6.75. The van der Waals surface area contributed by atoms with Crippen molar-refractivity contribution >= 4 is 0 Å². The highest BCUT2D eigenvalue weighted by atomic mass is 16.3. The third-order valence-corrected chi connectivity index (χ3v) is 2.60. The highest BCUT2D eigenvalue weighted by Crippen LogP contribution is 2.28. The van der Waals surface area contributed by atoms with Crippen LogP contribution >= 0.6 is 0 Å². The summed E-state index contributed by atoms with van der Waals surface area (Å²) >= 11 is 0. The fraction of sp³-hybridized carbons (Fsp3) is 0.364. The zero-order chi connectivity index (χ0) is 10.9. The number of aromatic nitrogens is 2. The van der Waals surface area contributed by atoms with Crippen molar-refractivity contribution in [3.8, 4) is 0 Å². The number of aliphatic hydroxyl groups is 1. The molecule has 0 aromatic carbocycles. The van der Waals surface area contributed by atoms with Crippen LogP contribution in [0.4, 0.5) is 0 Å². The minimum Gasteiger partial charge on any atom is -0.472 e. The lowest BCUT2D eigenvalue weighted by molar-refractivity contribution is 0.0911. The first-order chi connectivity index (χ1) is 7.16. The molecule has 4 nitrogen and oxygen atoms in total. The molecule has 15 heavy (non-hydrogen) atoms. The Kier molecular flexibility index (Phi) is 2.36. The van der Waals surface area contributed by atoms with Gasteiger partial charge in [0, 0.05) is 18.3 Å². The van der Waals surface area contributed by atoms with E-state index in [1.807, 2.05) is 13.0 Å². The zero-order valence-electron chi connectivity index (χ0n) is 8.84. The van der Waals surface area contributed by atoms with Crippen molar-refractivity contribution in [1.82, 2.24) is 9.78 Å². The van der Waals surface area contributed by atoms with Gasteiger partial charge in [0.2, 0.25) is 0 Å². The molecule has 2 aromatic rings. The molecule has 2 rings (SSSR count). The fourth-order valence-corrected chi connectivity index (χ4v) is 1.69. The van der Waals surface area contributed by atoms with Crippen LogP contribution in [0, 0.1) is 0 Å². The summed E-state index contributed by atoms with van der Waals surface area (Å²) in [7, 11) is 0. The van der Waals surface area contributed by atoms with Crippen LogP contribution in [0.25, 0.3) is 0 Å². The Bertz CT molecular complexity index is 429. The van der Waals surface area contributed by atoms with Gasteiger partial charge in [-0.2, -0.15) is 5.10 Å². The van der Waals surface area contributed by atoms with Crippen molar-refractivity contribution in [2.45, 2.75) is 26.0 Å². The average molecular weight is 206 g/mol. The average Bonchev–Trinajstić information content (AvgIpc) is 2.89. The van der Waals surface area contributed by atoms with Gasteiger partial charge < -0.3 is 9.52 Å². The van der Waals surface area contributed by atoms with Crippen molar-refractivity contribution in [3.63, 3.8) is 0 Å². The molecule has 0 aliphatic rings. The van der Waals surface area contributed by atoms with E-state index < -0.39 is 5.60 Å². The smallest absolute Gasteiger partial charge is 0.131 e. The lowest BCUT2D eigenvalue weighted by atomic mass is 9.95. The van der Waals surface area contributed by atoms with E-state index in [1.165, 1.54) is 0 Å². The van der Waals surface area contributed by atoms with Gasteiger partial charge in [-0.25, -0.2) is 0 Å².